The highest BCUT2D eigenvalue weighted by Gasteiger charge is 2.39. The van der Waals surface area contributed by atoms with Crippen LogP contribution in [-0.2, 0) is 9.59 Å². The summed E-state index contributed by atoms with van der Waals surface area (Å²) in [4.78, 5) is 24.2. The minimum absolute atomic E-state index is 0.00972. The van der Waals surface area contributed by atoms with Crippen molar-refractivity contribution in [2.45, 2.75) is 24.9 Å². The van der Waals surface area contributed by atoms with Crippen LogP contribution in [-0.4, -0.2) is 42.6 Å². The molecule has 6 nitrogen and oxygen atoms in total. The summed E-state index contributed by atoms with van der Waals surface area (Å²) in [5.41, 5.74) is 0.415. The molecule has 0 radical (unpaired) electrons. The maximum absolute atomic E-state index is 11.6. The smallest absolute Gasteiger partial charge is 0.331 e. The van der Waals surface area contributed by atoms with Crippen LogP contribution in [0.1, 0.15) is 24.4 Å². The molecule has 1 atom stereocenters. The van der Waals surface area contributed by atoms with E-state index in [9.17, 15) is 14.7 Å². The first kappa shape index (κ1) is 14.2. The first-order chi connectivity index (χ1) is 9.63. The summed E-state index contributed by atoms with van der Waals surface area (Å²) >= 11 is 0. The summed E-state index contributed by atoms with van der Waals surface area (Å²) in [6.07, 6.45) is 2.25. The van der Waals surface area contributed by atoms with E-state index in [2.05, 4.69) is 0 Å². The maximum Gasteiger partial charge on any atom is 0.331 e. The summed E-state index contributed by atoms with van der Waals surface area (Å²) < 4.78 is 10.4. The van der Waals surface area contributed by atoms with Gasteiger partial charge in [0.1, 0.15) is 0 Å². The van der Waals surface area contributed by atoms with Crippen LogP contribution < -0.4 is 9.47 Å². The van der Waals surface area contributed by atoms with E-state index in [0.717, 1.165) is 12.8 Å². The zero-order chi connectivity index (χ0) is 14.7. The fourth-order valence-electron chi connectivity index (χ4n) is 2.28. The van der Waals surface area contributed by atoms with Gasteiger partial charge in [0, 0.05) is 11.6 Å². The topological polar surface area (TPSA) is 76.1 Å². The highest BCUT2D eigenvalue weighted by molar-refractivity contribution is 5.80. The number of hydrogen-bond acceptors (Lipinski definition) is 4. The largest absolute Gasteiger partial charge is 0.493 e. The van der Waals surface area contributed by atoms with E-state index in [4.69, 9.17) is 9.47 Å². The molecule has 1 aromatic rings. The molecule has 1 saturated carbocycles. The minimum atomic E-state index is -1.09. The predicted molar refractivity (Wildman–Crippen MR) is 70.8 cm³/mol. The average molecular weight is 279 g/mol. The molecular weight excluding hydrogens is 262 g/mol. The Morgan fingerprint density at radius 2 is 2.10 bits per heavy atom. The molecule has 108 valence electrons. The maximum atomic E-state index is 11.6. The molecule has 0 spiro atoms. The Morgan fingerprint density at radius 1 is 1.40 bits per heavy atom. The molecule has 0 bridgehead atoms. The van der Waals surface area contributed by atoms with Gasteiger partial charge in [-0.3, -0.25) is 4.79 Å². The number of aliphatic carboxylic acids is 1. The van der Waals surface area contributed by atoms with Gasteiger partial charge in [-0.2, -0.15) is 0 Å². The van der Waals surface area contributed by atoms with Gasteiger partial charge in [0.25, 0.3) is 0 Å². The van der Waals surface area contributed by atoms with Gasteiger partial charge in [0.05, 0.1) is 14.2 Å². The van der Waals surface area contributed by atoms with Crippen molar-refractivity contribution >= 4 is 12.4 Å². The quantitative estimate of drug-likeness (QED) is 0.764. The Morgan fingerprint density at radius 3 is 2.55 bits per heavy atom. The summed E-state index contributed by atoms with van der Waals surface area (Å²) in [6, 6.07) is 3.93. The molecule has 2 rings (SSSR count). The summed E-state index contributed by atoms with van der Waals surface area (Å²) in [6.45, 7) is 0. The van der Waals surface area contributed by atoms with E-state index in [0.29, 0.717) is 23.5 Å². The summed E-state index contributed by atoms with van der Waals surface area (Å²) in [5, 5.41) is 9.49. The lowest BCUT2D eigenvalue weighted by molar-refractivity contribution is -0.147. The first-order valence-electron chi connectivity index (χ1n) is 6.30. The lowest BCUT2D eigenvalue weighted by Gasteiger charge is -2.26. The van der Waals surface area contributed by atoms with Crippen LogP contribution in [0.15, 0.2) is 18.2 Å². The Hall–Kier alpha value is -2.24. The number of nitrogens with zero attached hydrogens (tertiary/aromatic N) is 1. The van der Waals surface area contributed by atoms with E-state index in [1.807, 2.05) is 0 Å². The molecule has 0 saturated heterocycles. The third kappa shape index (κ3) is 2.54. The standard InChI is InChI=1S/C14H17NO5/c1-19-11-5-3-4-10(13(11)20-2)12(14(17)18)15(8-16)9-6-7-9/h3-5,8-9,12H,6-7H2,1-2H3,(H,17,18). The second-order valence-electron chi connectivity index (χ2n) is 4.61. The number of amides is 1. The summed E-state index contributed by atoms with van der Waals surface area (Å²) in [7, 11) is 2.93. The molecule has 1 aromatic carbocycles. The van der Waals surface area contributed by atoms with Crippen molar-refractivity contribution in [1.82, 2.24) is 4.90 Å². The van der Waals surface area contributed by atoms with Crippen molar-refractivity contribution in [1.29, 1.82) is 0 Å². The molecule has 6 heteroatoms. The molecule has 0 aromatic heterocycles. The molecule has 0 aliphatic heterocycles. The molecule has 1 aliphatic carbocycles. The SMILES string of the molecule is COc1cccc(C(C(=O)O)N(C=O)C2CC2)c1OC. The zero-order valence-corrected chi connectivity index (χ0v) is 11.4. The van der Waals surface area contributed by atoms with Crippen molar-refractivity contribution in [3.63, 3.8) is 0 Å². The number of carboxylic acids is 1. The molecule has 1 fully saturated rings. The van der Waals surface area contributed by atoms with Gasteiger partial charge >= 0.3 is 5.97 Å². The zero-order valence-electron chi connectivity index (χ0n) is 11.4. The van der Waals surface area contributed by atoms with Crippen LogP contribution in [0.2, 0.25) is 0 Å². The number of benzene rings is 1. The lowest BCUT2D eigenvalue weighted by atomic mass is 10.0. The predicted octanol–water partition coefficient (Wildman–Crippen LogP) is 1.45. The fourth-order valence-corrected chi connectivity index (χ4v) is 2.28. The Bertz CT molecular complexity index is 512. The number of ether oxygens (including phenoxy) is 2. The molecular formula is C14H17NO5. The Balaban J connectivity index is 2.48. The van der Waals surface area contributed by atoms with Crippen molar-refractivity contribution in [2.75, 3.05) is 14.2 Å². The van der Waals surface area contributed by atoms with Crippen LogP contribution in [0.4, 0.5) is 0 Å². The van der Waals surface area contributed by atoms with Gasteiger partial charge in [-0.25, -0.2) is 4.79 Å². The highest BCUT2D eigenvalue weighted by Crippen LogP contribution is 2.40. The lowest BCUT2D eigenvalue weighted by Crippen LogP contribution is -2.35. The van der Waals surface area contributed by atoms with Crippen molar-refractivity contribution in [3.05, 3.63) is 23.8 Å². The van der Waals surface area contributed by atoms with Crippen molar-refractivity contribution in [3.8, 4) is 11.5 Å². The van der Waals surface area contributed by atoms with Crippen molar-refractivity contribution < 1.29 is 24.2 Å². The molecule has 0 heterocycles. The first-order valence-corrected chi connectivity index (χ1v) is 6.30. The van der Waals surface area contributed by atoms with E-state index in [-0.39, 0.29) is 6.04 Å². The van der Waals surface area contributed by atoms with Crippen molar-refractivity contribution in [2.24, 2.45) is 0 Å². The second-order valence-corrected chi connectivity index (χ2v) is 4.61. The summed E-state index contributed by atoms with van der Waals surface area (Å²) in [5.74, 6) is -0.302. The van der Waals surface area contributed by atoms with Crippen LogP contribution in [0.3, 0.4) is 0 Å². The van der Waals surface area contributed by atoms with Gasteiger partial charge in [0.15, 0.2) is 17.5 Å². The van der Waals surface area contributed by atoms with Crippen LogP contribution in [0.25, 0.3) is 0 Å². The van der Waals surface area contributed by atoms with Crippen LogP contribution >= 0.6 is 0 Å². The van der Waals surface area contributed by atoms with Gasteiger partial charge in [-0.05, 0) is 18.9 Å². The third-order valence-electron chi connectivity index (χ3n) is 3.35. The fraction of sp³-hybridized carbons (Fsp3) is 0.429. The normalized spacial score (nSPS) is 15.3. The Kier molecular flexibility index (Phi) is 4.12. The molecule has 1 N–H and O–H groups in total. The third-order valence-corrected chi connectivity index (χ3v) is 3.35. The van der Waals surface area contributed by atoms with Gasteiger partial charge in [0.2, 0.25) is 6.41 Å². The second kappa shape index (κ2) is 5.81. The van der Waals surface area contributed by atoms with E-state index >= 15 is 0 Å². The highest BCUT2D eigenvalue weighted by atomic mass is 16.5. The van der Waals surface area contributed by atoms with E-state index in [1.165, 1.54) is 19.1 Å². The number of para-hydroxylation sites is 1. The van der Waals surface area contributed by atoms with Gasteiger partial charge in [-0.15, -0.1) is 0 Å². The molecule has 20 heavy (non-hydrogen) atoms. The average Bonchev–Trinajstić information content (AvgIpc) is 3.27. The van der Waals surface area contributed by atoms with E-state index in [1.54, 1.807) is 18.2 Å². The molecule has 1 aliphatic rings. The van der Waals surface area contributed by atoms with E-state index < -0.39 is 12.0 Å². The molecule has 1 unspecified atom stereocenters. The number of carbonyl (C=O) groups is 2. The van der Waals surface area contributed by atoms with Crippen LogP contribution in [0, 0.1) is 0 Å². The van der Waals surface area contributed by atoms with Gasteiger partial charge < -0.3 is 19.5 Å². The number of carboxylic acid groups (broad SMARTS) is 1. The number of hydrogen-bond donors (Lipinski definition) is 1. The number of rotatable bonds is 7. The monoisotopic (exact) mass is 279 g/mol. The number of carbonyl (C=O) groups excluding carboxylic acids is 1. The Labute approximate surface area is 116 Å². The van der Waals surface area contributed by atoms with Crippen LogP contribution in [0.5, 0.6) is 11.5 Å². The van der Waals surface area contributed by atoms with Gasteiger partial charge in [-0.1, -0.05) is 12.1 Å². The minimum Gasteiger partial charge on any atom is -0.493 e. The number of methoxy groups -OCH3 is 2. The molecule has 1 amide bonds.